The van der Waals surface area contributed by atoms with E-state index in [1.165, 1.54) is 30.3 Å². The van der Waals surface area contributed by atoms with E-state index in [-0.39, 0.29) is 18.7 Å². The van der Waals surface area contributed by atoms with Crippen LogP contribution in [0.4, 0.5) is 18.9 Å². The second kappa shape index (κ2) is 9.93. The number of nitrogens with zero attached hydrogens (tertiary/aromatic N) is 3. The smallest absolute Gasteiger partial charge is 0.348 e. The number of nitrogens with one attached hydrogen (secondary N) is 1. The summed E-state index contributed by atoms with van der Waals surface area (Å²) in [5, 5.41) is 11.8. The quantitative estimate of drug-likeness (QED) is 0.544. The predicted octanol–water partition coefficient (Wildman–Crippen LogP) is 3.87. The van der Waals surface area contributed by atoms with E-state index >= 15 is 0 Å². The molecule has 0 aliphatic heterocycles. The molecule has 0 unspecified atom stereocenters. The first-order valence-corrected chi connectivity index (χ1v) is 11.7. The first-order chi connectivity index (χ1) is 16.0. The Bertz CT molecular complexity index is 1320. The summed E-state index contributed by atoms with van der Waals surface area (Å²) in [5.74, 6) is -0.493. The number of amides is 1. The lowest BCUT2D eigenvalue weighted by Crippen LogP contribution is -2.29. The summed E-state index contributed by atoms with van der Waals surface area (Å²) in [5.41, 5.74) is 0.781. The minimum absolute atomic E-state index is 0.0356. The first-order valence-electron chi connectivity index (χ1n) is 9.85. The molecule has 3 rings (SSSR count). The van der Waals surface area contributed by atoms with E-state index in [2.05, 4.69) is 10.3 Å². The number of benzene rings is 2. The normalized spacial score (nSPS) is 11.5. The Morgan fingerprint density at radius 1 is 1.09 bits per heavy atom. The van der Waals surface area contributed by atoms with Crippen LogP contribution in [-0.2, 0) is 29.3 Å². The highest BCUT2D eigenvalue weighted by Crippen LogP contribution is 2.27. The zero-order chi connectivity index (χ0) is 24.9. The van der Waals surface area contributed by atoms with Gasteiger partial charge in [0.25, 0.3) is 5.91 Å². The van der Waals surface area contributed by atoms with Gasteiger partial charge in [-0.3, -0.25) is 14.1 Å². The zero-order valence-corrected chi connectivity index (χ0v) is 18.7. The number of nitriles is 1. The molecular weight excluding hydrogens is 469 g/mol. The lowest BCUT2D eigenvalue weighted by Gasteiger charge is -2.23. The second-order valence-electron chi connectivity index (χ2n) is 7.32. The van der Waals surface area contributed by atoms with Gasteiger partial charge in [-0.05, 0) is 47.5 Å². The highest BCUT2D eigenvalue weighted by Gasteiger charge is 2.32. The van der Waals surface area contributed by atoms with E-state index in [4.69, 9.17) is 0 Å². The van der Waals surface area contributed by atoms with Crippen molar-refractivity contribution >= 4 is 21.6 Å². The number of carbonyl (C=O) groups is 1. The van der Waals surface area contributed by atoms with Crippen molar-refractivity contribution in [1.82, 2.24) is 10.3 Å². The molecule has 0 atom stereocenters. The molecule has 1 heterocycles. The molecule has 0 radical (unpaired) electrons. The molecular formula is C23H19F3N4O3S. The van der Waals surface area contributed by atoms with Gasteiger partial charge >= 0.3 is 6.18 Å². The number of alkyl halides is 3. The Balaban J connectivity index is 1.72. The second-order valence-corrected chi connectivity index (χ2v) is 9.22. The molecule has 3 aromatic rings. The number of hydrogen-bond acceptors (Lipinski definition) is 5. The lowest BCUT2D eigenvalue weighted by molar-refractivity contribution is -0.141. The van der Waals surface area contributed by atoms with Gasteiger partial charge in [-0.25, -0.2) is 8.42 Å². The highest BCUT2D eigenvalue weighted by atomic mass is 32.2. The Kier molecular flexibility index (Phi) is 7.22. The summed E-state index contributed by atoms with van der Waals surface area (Å²) >= 11 is 0. The van der Waals surface area contributed by atoms with Crippen LogP contribution < -0.4 is 9.62 Å². The summed E-state index contributed by atoms with van der Waals surface area (Å²) < 4.78 is 63.7. The number of sulfonamides is 1. The van der Waals surface area contributed by atoms with Crippen molar-refractivity contribution in [2.45, 2.75) is 19.3 Å². The molecule has 34 heavy (non-hydrogen) atoms. The molecule has 2 aromatic carbocycles. The van der Waals surface area contributed by atoms with Crippen LogP contribution in [0.3, 0.4) is 0 Å². The van der Waals surface area contributed by atoms with Crippen molar-refractivity contribution in [3.63, 3.8) is 0 Å². The minimum atomic E-state index is -4.54. The number of rotatable bonds is 7. The van der Waals surface area contributed by atoms with Gasteiger partial charge in [-0.1, -0.05) is 24.3 Å². The summed E-state index contributed by atoms with van der Waals surface area (Å²) in [6.45, 7) is -0.0961. The molecule has 11 heteroatoms. The van der Waals surface area contributed by atoms with Gasteiger partial charge in [0, 0.05) is 18.3 Å². The zero-order valence-electron chi connectivity index (χ0n) is 17.9. The first kappa shape index (κ1) is 24.7. The Hall–Kier alpha value is -3.91. The fraction of sp³-hybridized carbons (Fsp3) is 0.174. The number of pyridine rings is 1. The van der Waals surface area contributed by atoms with Crippen LogP contribution in [0.2, 0.25) is 0 Å². The van der Waals surface area contributed by atoms with E-state index in [9.17, 15) is 31.6 Å². The molecule has 0 fully saturated rings. The number of aromatic nitrogens is 1. The largest absolute Gasteiger partial charge is 0.433 e. The lowest BCUT2D eigenvalue weighted by atomic mass is 10.1. The SMILES string of the molecule is CS(=O)(=O)N(Cc1ccccc1C#N)c1ccc(C(=O)NCc2ccc(C(F)(F)F)nc2)cc1. The van der Waals surface area contributed by atoms with Crippen LogP contribution >= 0.6 is 0 Å². The van der Waals surface area contributed by atoms with E-state index in [0.29, 0.717) is 22.4 Å². The summed E-state index contributed by atoms with van der Waals surface area (Å²) in [6.07, 6.45) is -2.46. The predicted molar refractivity (Wildman–Crippen MR) is 119 cm³/mol. The van der Waals surface area contributed by atoms with E-state index in [1.807, 2.05) is 6.07 Å². The minimum Gasteiger partial charge on any atom is -0.348 e. The van der Waals surface area contributed by atoms with Gasteiger partial charge in [0.15, 0.2) is 0 Å². The van der Waals surface area contributed by atoms with Gasteiger partial charge in [0.1, 0.15) is 5.69 Å². The molecule has 1 amide bonds. The molecule has 0 aliphatic carbocycles. The van der Waals surface area contributed by atoms with Crippen LogP contribution in [0.25, 0.3) is 0 Å². The van der Waals surface area contributed by atoms with Crippen molar-refractivity contribution in [3.05, 3.63) is 94.8 Å². The molecule has 7 nitrogen and oxygen atoms in total. The van der Waals surface area contributed by atoms with Crippen LogP contribution in [0.15, 0.2) is 66.9 Å². The Morgan fingerprint density at radius 2 is 1.76 bits per heavy atom. The highest BCUT2D eigenvalue weighted by molar-refractivity contribution is 7.92. The Morgan fingerprint density at radius 3 is 2.32 bits per heavy atom. The number of hydrogen-bond donors (Lipinski definition) is 1. The summed E-state index contributed by atoms with van der Waals surface area (Å²) in [7, 11) is -3.70. The molecule has 1 N–H and O–H groups in total. The monoisotopic (exact) mass is 488 g/mol. The molecule has 176 valence electrons. The van der Waals surface area contributed by atoms with Crippen LogP contribution in [-0.4, -0.2) is 25.6 Å². The van der Waals surface area contributed by atoms with Crippen molar-refractivity contribution in [1.29, 1.82) is 5.26 Å². The molecule has 1 aromatic heterocycles. The number of carbonyl (C=O) groups excluding carboxylic acids is 1. The van der Waals surface area contributed by atoms with Gasteiger partial charge in [0.2, 0.25) is 10.0 Å². The molecule has 0 saturated carbocycles. The fourth-order valence-electron chi connectivity index (χ4n) is 3.08. The van der Waals surface area contributed by atoms with Gasteiger partial charge in [-0.15, -0.1) is 0 Å². The van der Waals surface area contributed by atoms with Crippen molar-refractivity contribution in [2.24, 2.45) is 0 Å². The molecule has 0 aliphatic rings. The third kappa shape index (κ3) is 6.11. The average molecular weight is 488 g/mol. The van der Waals surface area contributed by atoms with Gasteiger partial charge in [0.05, 0.1) is 30.1 Å². The topological polar surface area (TPSA) is 103 Å². The third-order valence-electron chi connectivity index (χ3n) is 4.84. The average Bonchev–Trinajstić information content (AvgIpc) is 2.80. The fourth-order valence-corrected chi connectivity index (χ4v) is 3.96. The summed E-state index contributed by atoms with van der Waals surface area (Å²) in [6, 6.07) is 16.5. The molecule has 0 saturated heterocycles. The van der Waals surface area contributed by atoms with E-state index in [1.54, 1.807) is 24.3 Å². The molecule has 0 bridgehead atoms. The Labute approximate surface area is 194 Å². The maximum Gasteiger partial charge on any atom is 0.433 e. The van der Waals surface area contributed by atoms with E-state index in [0.717, 1.165) is 22.8 Å². The van der Waals surface area contributed by atoms with Gasteiger partial charge < -0.3 is 5.32 Å². The van der Waals surface area contributed by atoms with E-state index < -0.39 is 27.8 Å². The maximum atomic E-state index is 12.6. The summed E-state index contributed by atoms with van der Waals surface area (Å²) in [4.78, 5) is 15.8. The van der Waals surface area contributed by atoms with Crippen LogP contribution in [0, 0.1) is 11.3 Å². The van der Waals surface area contributed by atoms with Crippen LogP contribution in [0.5, 0.6) is 0 Å². The number of halogens is 3. The number of anilines is 1. The van der Waals surface area contributed by atoms with Crippen molar-refractivity contribution in [2.75, 3.05) is 10.6 Å². The standard InChI is InChI=1S/C23H19F3N4O3S/c1-34(32,33)30(15-19-5-3-2-4-18(19)12-27)20-9-7-17(8-10-20)22(31)29-14-16-6-11-21(28-13-16)23(24,25)26/h2-11,13H,14-15H2,1H3,(H,29,31). The van der Waals surface area contributed by atoms with Crippen molar-refractivity contribution < 1.29 is 26.4 Å². The molecule has 0 spiro atoms. The van der Waals surface area contributed by atoms with Crippen LogP contribution in [0.1, 0.15) is 32.7 Å². The van der Waals surface area contributed by atoms with Gasteiger partial charge in [-0.2, -0.15) is 18.4 Å². The maximum absolute atomic E-state index is 12.6. The van der Waals surface area contributed by atoms with Crippen molar-refractivity contribution in [3.8, 4) is 6.07 Å². The third-order valence-corrected chi connectivity index (χ3v) is 5.98.